The predicted molar refractivity (Wildman–Crippen MR) is 102 cm³/mol. The van der Waals surface area contributed by atoms with Crippen molar-refractivity contribution in [3.05, 3.63) is 47.3 Å². The van der Waals surface area contributed by atoms with Crippen molar-refractivity contribution in [1.29, 1.82) is 0 Å². The van der Waals surface area contributed by atoms with Crippen molar-refractivity contribution in [3.8, 4) is 0 Å². The summed E-state index contributed by atoms with van der Waals surface area (Å²) in [6.07, 6.45) is 2.03. The summed E-state index contributed by atoms with van der Waals surface area (Å²) >= 11 is 0. The number of rotatable bonds is 5. The zero-order chi connectivity index (χ0) is 18.7. The molecule has 3 rings (SSSR count). The van der Waals surface area contributed by atoms with Gasteiger partial charge in [0.2, 0.25) is 0 Å². The van der Waals surface area contributed by atoms with E-state index in [9.17, 15) is 4.79 Å². The quantitative estimate of drug-likeness (QED) is 0.865. The average molecular weight is 355 g/mol. The zero-order valence-corrected chi connectivity index (χ0v) is 16.1. The van der Waals surface area contributed by atoms with Gasteiger partial charge in [-0.2, -0.15) is 0 Å². The van der Waals surface area contributed by atoms with Gasteiger partial charge in [-0.05, 0) is 45.3 Å². The summed E-state index contributed by atoms with van der Waals surface area (Å²) in [6.45, 7) is 10.2. The molecule has 6 heteroatoms. The first-order valence-corrected chi connectivity index (χ1v) is 9.40. The highest BCUT2D eigenvalue weighted by Crippen LogP contribution is 2.27. The lowest BCUT2D eigenvalue weighted by molar-refractivity contribution is 0.0918. The smallest absolute Gasteiger partial charge is 0.273 e. The molecule has 0 bridgehead atoms. The van der Waals surface area contributed by atoms with Crippen LogP contribution in [0.4, 0.5) is 0 Å². The molecule has 140 valence electrons. The maximum absolute atomic E-state index is 12.8. The van der Waals surface area contributed by atoms with E-state index in [2.05, 4.69) is 46.9 Å². The first kappa shape index (κ1) is 18.6. The van der Waals surface area contributed by atoms with Crippen LogP contribution in [-0.2, 0) is 5.41 Å². The van der Waals surface area contributed by atoms with Crippen LogP contribution in [0.3, 0.4) is 0 Å². The van der Waals surface area contributed by atoms with E-state index < -0.39 is 0 Å². The first-order chi connectivity index (χ1) is 12.4. The van der Waals surface area contributed by atoms with Gasteiger partial charge >= 0.3 is 0 Å². The Kier molecular flexibility index (Phi) is 5.41. The number of carbonyl (C=O) groups excluding carboxylic acids is 1. The second-order valence-corrected chi connectivity index (χ2v) is 7.73. The Bertz CT molecular complexity index is 747. The van der Waals surface area contributed by atoms with E-state index in [4.69, 9.17) is 0 Å². The number of nitrogens with one attached hydrogen (secondary N) is 2. The van der Waals surface area contributed by atoms with Crippen LogP contribution in [0.15, 0.2) is 30.3 Å². The van der Waals surface area contributed by atoms with Crippen LogP contribution in [0.5, 0.6) is 0 Å². The van der Waals surface area contributed by atoms with Gasteiger partial charge in [-0.25, -0.2) is 4.68 Å². The molecule has 1 saturated heterocycles. The van der Waals surface area contributed by atoms with Gasteiger partial charge in [0.05, 0.1) is 11.7 Å². The third kappa shape index (κ3) is 3.65. The molecule has 1 aliphatic rings. The second kappa shape index (κ2) is 7.58. The van der Waals surface area contributed by atoms with Gasteiger partial charge in [0.25, 0.3) is 5.91 Å². The van der Waals surface area contributed by atoms with Crippen molar-refractivity contribution in [3.63, 3.8) is 0 Å². The molecule has 1 aromatic carbocycles. The fourth-order valence-electron chi connectivity index (χ4n) is 3.51. The van der Waals surface area contributed by atoms with E-state index in [1.807, 2.05) is 36.7 Å². The summed E-state index contributed by atoms with van der Waals surface area (Å²) in [4.78, 5) is 12.8. The molecule has 0 radical (unpaired) electrons. The molecular formula is C20H29N5O. The molecule has 0 aliphatic carbocycles. The third-order valence-corrected chi connectivity index (χ3v) is 5.75. The Balaban J connectivity index is 1.73. The molecular weight excluding hydrogens is 326 g/mol. The van der Waals surface area contributed by atoms with Crippen LogP contribution < -0.4 is 10.6 Å². The highest BCUT2D eigenvalue weighted by Gasteiger charge is 2.31. The van der Waals surface area contributed by atoms with E-state index in [0.717, 1.165) is 31.6 Å². The fourth-order valence-corrected chi connectivity index (χ4v) is 3.51. The Morgan fingerprint density at radius 2 is 1.92 bits per heavy atom. The summed E-state index contributed by atoms with van der Waals surface area (Å²) in [6, 6.07) is 10.5. The Morgan fingerprint density at radius 3 is 2.58 bits per heavy atom. The van der Waals surface area contributed by atoms with Gasteiger partial charge in [0.15, 0.2) is 5.69 Å². The van der Waals surface area contributed by atoms with Gasteiger partial charge in [-0.15, -0.1) is 5.10 Å². The fraction of sp³-hybridized carbons (Fsp3) is 0.550. The van der Waals surface area contributed by atoms with Crippen LogP contribution in [0.2, 0.25) is 0 Å². The number of nitrogens with zero attached hydrogens (tertiary/aromatic N) is 3. The van der Waals surface area contributed by atoms with Crippen LogP contribution >= 0.6 is 0 Å². The van der Waals surface area contributed by atoms with E-state index in [0.29, 0.717) is 11.7 Å². The zero-order valence-electron chi connectivity index (χ0n) is 16.1. The van der Waals surface area contributed by atoms with Gasteiger partial charge in [-0.1, -0.05) is 49.4 Å². The van der Waals surface area contributed by atoms with Crippen LogP contribution in [0.1, 0.15) is 61.4 Å². The lowest BCUT2D eigenvalue weighted by Gasteiger charge is -2.33. The maximum Gasteiger partial charge on any atom is 0.273 e. The topological polar surface area (TPSA) is 71.8 Å². The average Bonchev–Trinajstić information content (AvgIpc) is 3.04. The first-order valence-electron chi connectivity index (χ1n) is 9.40. The predicted octanol–water partition coefficient (Wildman–Crippen LogP) is 2.61. The molecule has 1 fully saturated rings. The van der Waals surface area contributed by atoms with Crippen LogP contribution in [-0.4, -0.2) is 40.0 Å². The number of carbonyl (C=O) groups is 1. The molecule has 2 N–H and O–H groups in total. The Labute approximate surface area is 155 Å². The minimum Gasteiger partial charge on any atom is -0.347 e. The number of hydrogen-bond donors (Lipinski definition) is 2. The number of hydrogen-bond acceptors (Lipinski definition) is 4. The highest BCUT2D eigenvalue weighted by molar-refractivity contribution is 5.93. The second-order valence-electron chi connectivity index (χ2n) is 7.73. The van der Waals surface area contributed by atoms with E-state index >= 15 is 0 Å². The monoisotopic (exact) mass is 355 g/mol. The van der Waals surface area contributed by atoms with Crippen molar-refractivity contribution in [2.24, 2.45) is 0 Å². The molecule has 1 amide bonds. The number of piperidine rings is 1. The van der Waals surface area contributed by atoms with Gasteiger partial charge in [-0.3, -0.25) is 4.79 Å². The molecule has 1 unspecified atom stereocenters. The van der Waals surface area contributed by atoms with Crippen molar-refractivity contribution < 1.29 is 4.79 Å². The number of amides is 1. The number of aromatic nitrogens is 3. The SMILES string of the molecule is Cc1c(C(=O)NC(C)C(C)(C)c2ccccc2)nnn1C1CCNCC1. The summed E-state index contributed by atoms with van der Waals surface area (Å²) in [5.74, 6) is -0.154. The van der Waals surface area contributed by atoms with Crippen molar-refractivity contribution >= 4 is 5.91 Å². The molecule has 1 aliphatic heterocycles. The molecule has 0 saturated carbocycles. The number of benzene rings is 1. The van der Waals surface area contributed by atoms with Crippen molar-refractivity contribution in [2.45, 2.75) is 58.0 Å². The standard InChI is InChI=1S/C20H29N5O/c1-14-18(23-24-25(14)17-10-12-21-13-11-17)19(26)22-15(2)20(3,4)16-8-6-5-7-9-16/h5-9,15,17,21H,10-13H2,1-4H3,(H,22,26). The Morgan fingerprint density at radius 1 is 1.27 bits per heavy atom. The molecule has 26 heavy (non-hydrogen) atoms. The van der Waals surface area contributed by atoms with Crippen molar-refractivity contribution in [2.75, 3.05) is 13.1 Å². The Hall–Kier alpha value is -2.21. The normalized spacial score (nSPS) is 17.1. The van der Waals surface area contributed by atoms with E-state index in [1.54, 1.807) is 0 Å². The summed E-state index contributed by atoms with van der Waals surface area (Å²) in [7, 11) is 0. The molecule has 1 aromatic heterocycles. The van der Waals surface area contributed by atoms with E-state index in [1.165, 1.54) is 5.56 Å². The summed E-state index contributed by atoms with van der Waals surface area (Å²) in [5, 5.41) is 14.9. The molecule has 1 atom stereocenters. The minimum atomic E-state index is -0.185. The van der Waals surface area contributed by atoms with Crippen molar-refractivity contribution in [1.82, 2.24) is 25.6 Å². The van der Waals surface area contributed by atoms with Gasteiger partial charge in [0, 0.05) is 11.5 Å². The summed E-state index contributed by atoms with van der Waals surface area (Å²) < 4.78 is 1.92. The summed E-state index contributed by atoms with van der Waals surface area (Å²) in [5.41, 5.74) is 2.29. The third-order valence-electron chi connectivity index (χ3n) is 5.75. The largest absolute Gasteiger partial charge is 0.347 e. The van der Waals surface area contributed by atoms with Gasteiger partial charge in [0.1, 0.15) is 0 Å². The highest BCUT2D eigenvalue weighted by atomic mass is 16.2. The maximum atomic E-state index is 12.8. The van der Waals surface area contributed by atoms with Gasteiger partial charge < -0.3 is 10.6 Å². The van der Waals surface area contributed by atoms with Crippen LogP contribution in [0.25, 0.3) is 0 Å². The molecule has 2 aromatic rings. The lowest BCUT2D eigenvalue weighted by Crippen LogP contribution is -2.45. The molecule has 2 heterocycles. The van der Waals surface area contributed by atoms with Crippen LogP contribution in [0, 0.1) is 6.92 Å². The van der Waals surface area contributed by atoms with E-state index in [-0.39, 0.29) is 17.4 Å². The minimum absolute atomic E-state index is 0.0409. The lowest BCUT2D eigenvalue weighted by atomic mass is 9.78. The molecule has 6 nitrogen and oxygen atoms in total. The molecule has 0 spiro atoms.